The summed E-state index contributed by atoms with van der Waals surface area (Å²) in [5.74, 6) is 0.479. The predicted molar refractivity (Wildman–Crippen MR) is 82.9 cm³/mol. The lowest BCUT2D eigenvalue weighted by molar-refractivity contribution is 0.199. The number of anilines is 2. The van der Waals surface area contributed by atoms with Gasteiger partial charge in [-0.25, -0.2) is 4.39 Å². The van der Waals surface area contributed by atoms with Gasteiger partial charge in [0.15, 0.2) is 0 Å². The molecule has 0 radical (unpaired) electrons. The molecule has 1 aromatic rings. The Morgan fingerprint density at radius 2 is 1.84 bits per heavy atom. The van der Waals surface area contributed by atoms with E-state index in [9.17, 15) is 4.39 Å². The highest BCUT2D eigenvalue weighted by molar-refractivity contribution is 9.10. The Kier molecular flexibility index (Phi) is 4.09. The molecule has 1 aliphatic heterocycles. The SMILES string of the molecule is CC(C)(C)C1CCN(c2cc(F)c(Br)cc2N)CC1. The van der Waals surface area contributed by atoms with Crippen LogP contribution in [0.3, 0.4) is 0 Å². The van der Waals surface area contributed by atoms with E-state index >= 15 is 0 Å². The summed E-state index contributed by atoms with van der Waals surface area (Å²) in [6.07, 6.45) is 2.28. The van der Waals surface area contributed by atoms with Gasteiger partial charge < -0.3 is 10.6 Å². The Morgan fingerprint density at radius 3 is 2.37 bits per heavy atom. The molecule has 1 aromatic carbocycles. The number of hydrogen-bond acceptors (Lipinski definition) is 2. The van der Waals surface area contributed by atoms with Crippen LogP contribution in [0.5, 0.6) is 0 Å². The molecule has 0 aromatic heterocycles. The van der Waals surface area contributed by atoms with Gasteiger partial charge in [-0.1, -0.05) is 20.8 Å². The van der Waals surface area contributed by atoms with Crippen molar-refractivity contribution in [3.8, 4) is 0 Å². The zero-order valence-electron chi connectivity index (χ0n) is 11.8. The van der Waals surface area contributed by atoms with Crippen LogP contribution in [-0.2, 0) is 0 Å². The van der Waals surface area contributed by atoms with E-state index in [0.717, 1.165) is 37.5 Å². The van der Waals surface area contributed by atoms with E-state index in [2.05, 4.69) is 41.6 Å². The first-order chi connectivity index (χ1) is 8.79. The normalized spacial score (nSPS) is 17.8. The van der Waals surface area contributed by atoms with Crippen molar-refractivity contribution in [2.45, 2.75) is 33.6 Å². The third-order valence-corrected chi connectivity index (χ3v) is 4.74. The van der Waals surface area contributed by atoms with Crippen molar-refractivity contribution in [2.75, 3.05) is 23.7 Å². The molecule has 0 unspecified atom stereocenters. The first-order valence-electron chi connectivity index (χ1n) is 6.78. The van der Waals surface area contributed by atoms with Crippen molar-refractivity contribution in [3.05, 3.63) is 22.4 Å². The van der Waals surface area contributed by atoms with Crippen molar-refractivity contribution < 1.29 is 4.39 Å². The van der Waals surface area contributed by atoms with Crippen LogP contribution in [0.4, 0.5) is 15.8 Å². The second-order valence-electron chi connectivity index (χ2n) is 6.45. The molecule has 0 saturated carbocycles. The minimum Gasteiger partial charge on any atom is -0.397 e. The van der Waals surface area contributed by atoms with Crippen LogP contribution in [0.15, 0.2) is 16.6 Å². The van der Waals surface area contributed by atoms with Crippen LogP contribution in [-0.4, -0.2) is 13.1 Å². The minimum absolute atomic E-state index is 0.248. The third kappa shape index (κ3) is 3.22. The summed E-state index contributed by atoms with van der Waals surface area (Å²) in [7, 11) is 0. The lowest BCUT2D eigenvalue weighted by atomic mass is 9.75. The van der Waals surface area contributed by atoms with Crippen LogP contribution >= 0.6 is 15.9 Å². The summed E-state index contributed by atoms with van der Waals surface area (Å²) in [5, 5.41) is 0. The summed E-state index contributed by atoms with van der Waals surface area (Å²) in [6.45, 7) is 8.78. The van der Waals surface area contributed by atoms with Crippen LogP contribution in [0.25, 0.3) is 0 Å². The minimum atomic E-state index is -0.248. The summed E-state index contributed by atoms with van der Waals surface area (Å²) in [4.78, 5) is 2.20. The molecule has 1 fully saturated rings. The largest absolute Gasteiger partial charge is 0.397 e. The second kappa shape index (κ2) is 5.31. The van der Waals surface area contributed by atoms with Crippen molar-refractivity contribution in [1.29, 1.82) is 0 Å². The molecule has 0 amide bonds. The van der Waals surface area contributed by atoms with E-state index < -0.39 is 0 Å². The number of hydrogen-bond donors (Lipinski definition) is 1. The van der Waals surface area contributed by atoms with Crippen molar-refractivity contribution in [1.82, 2.24) is 0 Å². The number of benzene rings is 1. The van der Waals surface area contributed by atoms with E-state index in [0.29, 0.717) is 15.6 Å². The van der Waals surface area contributed by atoms with Crippen molar-refractivity contribution >= 4 is 27.3 Å². The van der Waals surface area contributed by atoms with E-state index in [1.165, 1.54) is 6.07 Å². The number of nitrogens with zero attached hydrogens (tertiary/aromatic N) is 1. The fourth-order valence-corrected chi connectivity index (χ4v) is 3.17. The van der Waals surface area contributed by atoms with Gasteiger partial charge in [0.05, 0.1) is 15.8 Å². The zero-order valence-corrected chi connectivity index (χ0v) is 13.4. The van der Waals surface area contributed by atoms with Gasteiger partial charge in [0, 0.05) is 19.2 Å². The maximum atomic E-state index is 13.7. The Balaban J connectivity index is 2.12. The summed E-state index contributed by atoms with van der Waals surface area (Å²) in [6, 6.07) is 3.19. The van der Waals surface area contributed by atoms with Crippen molar-refractivity contribution in [2.24, 2.45) is 11.3 Å². The van der Waals surface area contributed by atoms with Crippen molar-refractivity contribution in [3.63, 3.8) is 0 Å². The Bertz CT molecular complexity index is 460. The smallest absolute Gasteiger partial charge is 0.139 e. The molecule has 1 aliphatic rings. The monoisotopic (exact) mass is 328 g/mol. The molecule has 19 heavy (non-hydrogen) atoms. The number of halogens is 2. The average Bonchev–Trinajstić information content (AvgIpc) is 2.33. The molecular formula is C15H22BrFN2. The number of piperidine rings is 1. The van der Waals surface area contributed by atoms with Gasteiger partial charge in [0.25, 0.3) is 0 Å². The first-order valence-corrected chi connectivity index (χ1v) is 7.58. The maximum absolute atomic E-state index is 13.7. The van der Waals surface area contributed by atoms with E-state index in [1.54, 1.807) is 6.07 Å². The molecular weight excluding hydrogens is 307 g/mol. The molecule has 1 heterocycles. The Morgan fingerprint density at radius 1 is 1.26 bits per heavy atom. The number of nitrogens with two attached hydrogens (primary N) is 1. The Hall–Kier alpha value is -0.770. The Labute approximate surface area is 123 Å². The van der Waals surface area contributed by atoms with Gasteiger partial charge in [-0.05, 0) is 46.2 Å². The quantitative estimate of drug-likeness (QED) is 0.772. The van der Waals surface area contributed by atoms with Crippen LogP contribution in [0.2, 0.25) is 0 Å². The zero-order chi connectivity index (χ0) is 14.2. The summed E-state index contributed by atoms with van der Waals surface area (Å²) in [5.41, 5.74) is 7.82. The molecule has 0 bridgehead atoms. The number of nitrogen functional groups attached to an aromatic ring is 1. The van der Waals surface area contributed by atoms with Gasteiger partial charge in [-0.2, -0.15) is 0 Å². The lowest BCUT2D eigenvalue weighted by Gasteiger charge is -2.40. The molecule has 1 saturated heterocycles. The fourth-order valence-electron chi connectivity index (χ4n) is 2.81. The molecule has 0 spiro atoms. The van der Waals surface area contributed by atoms with Crippen LogP contribution < -0.4 is 10.6 Å². The van der Waals surface area contributed by atoms with Gasteiger partial charge in [0.2, 0.25) is 0 Å². The van der Waals surface area contributed by atoms with Gasteiger partial charge in [-0.15, -0.1) is 0 Å². The van der Waals surface area contributed by atoms with Gasteiger partial charge >= 0.3 is 0 Å². The van der Waals surface area contributed by atoms with Gasteiger partial charge in [0.1, 0.15) is 5.82 Å². The molecule has 0 aliphatic carbocycles. The fraction of sp³-hybridized carbons (Fsp3) is 0.600. The number of rotatable bonds is 1. The summed E-state index contributed by atoms with van der Waals surface area (Å²) >= 11 is 3.17. The average molecular weight is 329 g/mol. The third-order valence-electron chi connectivity index (χ3n) is 4.13. The van der Waals surface area contributed by atoms with Crippen LogP contribution in [0, 0.1) is 17.2 Å². The second-order valence-corrected chi connectivity index (χ2v) is 7.31. The summed E-state index contributed by atoms with van der Waals surface area (Å²) < 4.78 is 14.1. The molecule has 2 rings (SSSR count). The lowest BCUT2D eigenvalue weighted by Crippen LogP contribution is -2.38. The first kappa shape index (κ1) is 14.6. The van der Waals surface area contributed by atoms with E-state index in [1.807, 2.05) is 0 Å². The molecule has 106 valence electrons. The van der Waals surface area contributed by atoms with E-state index in [4.69, 9.17) is 5.73 Å². The highest BCUT2D eigenvalue weighted by Crippen LogP contribution is 2.37. The maximum Gasteiger partial charge on any atom is 0.139 e. The topological polar surface area (TPSA) is 29.3 Å². The highest BCUT2D eigenvalue weighted by atomic mass is 79.9. The van der Waals surface area contributed by atoms with E-state index in [-0.39, 0.29) is 5.82 Å². The standard InChI is InChI=1S/C15H22BrFN2/c1-15(2,3)10-4-6-19(7-5-10)14-9-12(17)11(16)8-13(14)18/h8-10H,4-7,18H2,1-3H3. The molecule has 2 N–H and O–H groups in total. The molecule has 4 heteroatoms. The molecule has 0 atom stereocenters. The predicted octanol–water partition coefficient (Wildman–Crippen LogP) is 4.43. The van der Waals surface area contributed by atoms with Gasteiger partial charge in [-0.3, -0.25) is 0 Å². The van der Waals surface area contributed by atoms with Crippen LogP contribution in [0.1, 0.15) is 33.6 Å². The highest BCUT2D eigenvalue weighted by Gasteiger charge is 2.29. The molecule has 2 nitrogen and oxygen atoms in total.